The Morgan fingerprint density at radius 1 is 1.41 bits per heavy atom. The molecule has 1 rings (SSSR count). The van der Waals surface area contributed by atoms with Crippen molar-refractivity contribution in [3.63, 3.8) is 0 Å². The van der Waals surface area contributed by atoms with Crippen LogP contribution >= 0.6 is 35.4 Å². The minimum Gasteiger partial charge on any atom is -0.481 e. The topological polar surface area (TPSA) is 61.4 Å². The van der Waals surface area contributed by atoms with Crippen LogP contribution < -0.4 is 10.6 Å². The number of carbonyl (C=O) groups is 1. The fourth-order valence-corrected chi connectivity index (χ4v) is 1.61. The molecule has 0 spiro atoms. The van der Waals surface area contributed by atoms with Gasteiger partial charge >= 0.3 is 5.97 Å². The average Bonchev–Trinajstić information content (AvgIpc) is 2.24. The Balaban J connectivity index is 2.51. The fraction of sp³-hybridized carbons (Fsp3) is 0.200. The lowest BCUT2D eigenvalue weighted by Crippen LogP contribution is -2.30. The second-order valence-corrected chi connectivity index (χ2v) is 4.32. The van der Waals surface area contributed by atoms with E-state index in [1.807, 2.05) is 0 Å². The van der Waals surface area contributed by atoms with Crippen LogP contribution in [0.15, 0.2) is 18.2 Å². The molecule has 1 aromatic carbocycles. The smallest absolute Gasteiger partial charge is 0.305 e. The minimum absolute atomic E-state index is 0.00883. The van der Waals surface area contributed by atoms with E-state index in [0.717, 1.165) is 0 Å². The van der Waals surface area contributed by atoms with Crippen LogP contribution in [-0.2, 0) is 4.79 Å². The number of thiocarbonyl (C=S) groups is 1. The molecule has 7 heteroatoms. The van der Waals surface area contributed by atoms with Crippen LogP contribution in [-0.4, -0.2) is 22.7 Å². The molecule has 0 aliphatic rings. The van der Waals surface area contributed by atoms with Gasteiger partial charge < -0.3 is 15.7 Å². The van der Waals surface area contributed by atoms with Gasteiger partial charge in [-0.2, -0.15) is 0 Å². The number of aliphatic carboxylic acids is 1. The van der Waals surface area contributed by atoms with Crippen molar-refractivity contribution in [2.24, 2.45) is 0 Å². The SMILES string of the molecule is O=C(O)CCNC(=S)Nc1cccc(Cl)c1Cl. The first kappa shape index (κ1) is 14.0. The fourth-order valence-electron chi connectivity index (χ4n) is 1.05. The number of hydrogen-bond acceptors (Lipinski definition) is 2. The van der Waals surface area contributed by atoms with Crippen LogP contribution in [0.5, 0.6) is 0 Å². The van der Waals surface area contributed by atoms with Crippen molar-refractivity contribution < 1.29 is 9.90 Å². The molecule has 0 aromatic heterocycles. The first-order chi connectivity index (χ1) is 8.00. The third-order valence-corrected chi connectivity index (χ3v) is 2.89. The van der Waals surface area contributed by atoms with Gasteiger partial charge in [0.2, 0.25) is 0 Å². The van der Waals surface area contributed by atoms with Crippen molar-refractivity contribution in [2.45, 2.75) is 6.42 Å². The van der Waals surface area contributed by atoms with E-state index in [0.29, 0.717) is 20.8 Å². The van der Waals surface area contributed by atoms with Crippen molar-refractivity contribution >= 4 is 52.2 Å². The third-order valence-electron chi connectivity index (χ3n) is 1.82. The van der Waals surface area contributed by atoms with E-state index in [1.54, 1.807) is 18.2 Å². The summed E-state index contributed by atoms with van der Waals surface area (Å²) < 4.78 is 0. The maximum absolute atomic E-state index is 10.3. The summed E-state index contributed by atoms with van der Waals surface area (Å²) in [5.41, 5.74) is 0.576. The highest BCUT2D eigenvalue weighted by Gasteiger charge is 2.05. The quantitative estimate of drug-likeness (QED) is 0.745. The zero-order valence-corrected chi connectivity index (χ0v) is 11.0. The van der Waals surface area contributed by atoms with Crippen molar-refractivity contribution in [2.75, 3.05) is 11.9 Å². The number of nitrogens with one attached hydrogen (secondary N) is 2. The molecule has 0 amide bonds. The molecule has 0 saturated heterocycles. The summed E-state index contributed by atoms with van der Waals surface area (Å²) >= 11 is 16.7. The van der Waals surface area contributed by atoms with Gasteiger partial charge in [0.15, 0.2) is 5.11 Å². The van der Waals surface area contributed by atoms with Gasteiger partial charge in [0.25, 0.3) is 0 Å². The third kappa shape index (κ3) is 4.77. The molecule has 0 fully saturated rings. The molecule has 0 saturated carbocycles. The Hall–Kier alpha value is -1.04. The Labute approximate surface area is 114 Å². The minimum atomic E-state index is -0.888. The highest BCUT2D eigenvalue weighted by molar-refractivity contribution is 7.80. The lowest BCUT2D eigenvalue weighted by molar-refractivity contribution is -0.136. The molecule has 0 radical (unpaired) electrons. The number of benzene rings is 1. The molecule has 92 valence electrons. The lowest BCUT2D eigenvalue weighted by atomic mass is 10.3. The van der Waals surface area contributed by atoms with E-state index in [1.165, 1.54) is 0 Å². The summed E-state index contributed by atoms with van der Waals surface area (Å²) in [4.78, 5) is 10.3. The zero-order valence-electron chi connectivity index (χ0n) is 8.67. The van der Waals surface area contributed by atoms with Gasteiger partial charge in [-0.05, 0) is 24.4 Å². The zero-order chi connectivity index (χ0) is 12.8. The van der Waals surface area contributed by atoms with Gasteiger partial charge in [-0.25, -0.2) is 0 Å². The van der Waals surface area contributed by atoms with E-state index in [4.69, 9.17) is 40.5 Å². The van der Waals surface area contributed by atoms with E-state index in [-0.39, 0.29) is 13.0 Å². The number of carboxylic acid groups (broad SMARTS) is 1. The average molecular weight is 293 g/mol. The van der Waals surface area contributed by atoms with Crippen molar-refractivity contribution in [3.8, 4) is 0 Å². The van der Waals surface area contributed by atoms with Gasteiger partial charge in [-0.3, -0.25) is 4.79 Å². The summed E-state index contributed by atoms with van der Waals surface area (Å²) in [6.07, 6.45) is -0.00883. The maximum Gasteiger partial charge on any atom is 0.305 e. The molecule has 17 heavy (non-hydrogen) atoms. The lowest BCUT2D eigenvalue weighted by Gasteiger charge is -2.11. The number of rotatable bonds is 4. The molecule has 0 unspecified atom stereocenters. The number of hydrogen-bond donors (Lipinski definition) is 3. The largest absolute Gasteiger partial charge is 0.481 e. The monoisotopic (exact) mass is 292 g/mol. The first-order valence-corrected chi connectivity index (χ1v) is 5.88. The highest BCUT2D eigenvalue weighted by Crippen LogP contribution is 2.29. The molecule has 0 atom stereocenters. The Morgan fingerprint density at radius 3 is 2.76 bits per heavy atom. The number of carboxylic acids is 1. The van der Waals surface area contributed by atoms with Crippen LogP contribution in [0.2, 0.25) is 10.0 Å². The number of anilines is 1. The van der Waals surface area contributed by atoms with E-state index in [2.05, 4.69) is 10.6 Å². The summed E-state index contributed by atoms with van der Waals surface area (Å²) in [5.74, 6) is -0.888. The van der Waals surface area contributed by atoms with Crippen molar-refractivity contribution in [3.05, 3.63) is 28.2 Å². The van der Waals surface area contributed by atoms with Crippen molar-refractivity contribution in [1.82, 2.24) is 5.32 Å². The van der Waals surface area contributed by atoms with Gasteiger partial charge in [-0.15, -0.1) is 0 Å². The van der Waals surface area contributed by atoms with Gasteiger partial charge in [0, 0.05) is 6.54 Å². The summed E-state index contributed by atoms with van der Waals surface area (Å²) in [6, 6.07) is 5.12. The maximum atomic E-state index is 10.3. The van der Waals surface area contributed by atoms with Gasteiger partial charge in [0.05, 0.1) is 22.2 Å². The Morgan fingerprint density at radius 2 is 2.12 bits per heavy atom. The van der Waals surface area contributed by atoms with Crippen LogP contribution in [0.3, 0.4) is 0 Å². The molecule has 0 aliphatic carbocycles. The highest BCUT2D eigenvalue weighted by atomic mass is 35.5. The van der Waals surface area contributed by atoms with Crippen LogP contribution in [0.25, 0.3) is 0 Å². The standard InChI is InChI=1S/C10H10Cl2N2O2S/c11-6-2-1-3-7(9(6)12)14-10(17)13-5-4-8(15)16/h1-3H,4-5H2,(H,15,16)(H2,13,14,17). The van der Waals surface area contributed by atoms with Crippen LogP contribution in [0, 0.1) is 0 Å². The van der Waals surface area contributed by atoms with E-state index in [9.17, 15) is 4.79 Å². The normalized spacial score (nSPS) is 9.76. The van der Waals surface area contributed by atoms with Crippen LogP contribution in [0.1, 0.15) is 6.42 Å². The Bertz CT molecular complexity index is 440. The summed E-state index contributed by atoms with van der Waals surface area (Å²) in [7, 11) is 0. The molecule has 0 bridgehead atoms. The second-order valence-electron chi connectivity index (χ2n) is 3.13. The molecule has 0 aliphatic heterocycles. The van der Waals surface area contributed by atoms with Crippen LogP contribution in [0.4, 0.5) is 5.69 Å². The molecule has 0 heterocycles. The van der Waals surface area contributed by atoms with Gasteiger partial charge in [0.1, 0.15) is 0 Å². The molecular weight excluding hydrogens is 283 g/mol. The van der Waals surface area contributed by atoms with E-state index < -0.39 is 5.97 Å². The molecule has 3 N–H and O–H groups in total. The summed E-state index contributed by atoms with van der Waals surface area (Å²) in [6.45, 7) is 0.249. The Kier molecular flexibility index (Phi) is 5.47. The molecule has 1 aromatic rings. The van der Waals surface area contributed by atoms with Gasteiger partial charge in [-0.1, -0.05) is 29.3 Å². The van der Waals surface area contributed by atoms with Crippen molar-refractivity contribution in [1.29, 1.82) is 0 Å². The second kappa shape index (κ2) is 6.64. The first-order valence-electron chi connectivity index (χ1n) is 4.71. The number of halogens is 2. The predicted octanol–water partition coefficient (Wildman–Crippen LogP) is 2.75. The predicted molar refractivity (Wildman–Crippen MR) is 72.9 cm³/mol. The van der Waals surface area contributed by atoms with E-state index >= 15 is 0 Å². The summed E-state index contributed by atoms with van der Waals surface area (Å²) in [5, 5.41) is 15.1. The molecule has 4 nitrogen and oxygen atoms in total. The molecular formula is C10H10Cl2N2O2S.